The van der Waals surface area contributed by atoms with Crippen molar-refractivity contribution in [1.82, 2.24) is 4.98 Å². The van der Waals surface area contributed by atoms with E-state index in [4.69, 9.17) is 13.9 Å². The number of aromatic nitrogens is 1. The quantitative estimate of drug-likeness (QED) is 0.901. The standard InChI is InChI=1S/C13H16N2O3/c1-8-5-10(16-3)11(17-4)6-9(8)12-7-15-13(14-2)18-12/h5-7H,1-4H3,(H,14,15). The molecule has 0 fully saturated rings. The van der Waals surface area contributed by atoms with Crippen molar-refractivity contribution in [2.24, 2.45) is 0 Å². The summed E-state index contributed by atoms with van der Waals surface area (Å²) in [6.07, 6.45) is 1.68. The highest BCUT2D eigenvalue weighted by atomic mass is 16.5. The maximum absolute atomic E-state index is 5.55. The fourth-order valence-corrected chi connectivity index (χ4v) is 1.76. The van der Waals surface area contributed by atoms with Crippen molar-refractivity contribution < 1.29 is 13.9 Å². The lowest BCUT2D eigenvalue weighted by atomic mass is 10.1. The van der Waals surface area contributed by atoms with E-state index in [2.05, 4.69) is 10.3 Å². The first-order valence-electron chi connectivity index (χ1n) is 5.56. The van der Waals surface area contributed by atoms with Crippen molar-refractivity contribution in [3.8, 4) is 22.8 Å². The number of aryl methyl sites for hydroxylation is 1. The summed E-state index contributed by atoms with van der Waals surface area (Å²) in [7, 11) is 4.98. The Balaban J connectivity index is 2.50. The minimum Gasteiger partial charge on any atom is -0.493 e. The number of hydrogen-bond donors (Lipinski definition) is 1. The Morgan fingerprint density at radius 3 is 2.39 bits per heavy atom. The molecule has 2 rings (SSSR count). The van der Waals surface area contributed by atoms with E-state index >= 15 is 0 Å². The molecular formula is C13H16N2O3. The summed E-state index contributed by atoms with van der Waals surface area (Å²) in [4.78, 5) is 4.10. The van der Waals surface area contributed by atoms with Gasteiger partial charge in [0.25, 0.3) is 6.01 Å². The fourth-order valence-electron chi connectivity index (χ4n) is 1.76. The van der Waals surface area contributed by atoms with Gasteiger partial charge in [0.05, 0.1) is 20.4 Å². The van der Waals surface area contributed by atoms with E-state index in [9.17, 15) is 0 Å². The van der Waals surface area contributed by atoms with Crippen molar-refractivity contribution in [2.45, 2.75) is 6.92 Å². The molecule has 2 aromatic rings. The van der Waals surface area contributed by atoms with Crippen LogP contribution in [0.25, 0.3) is 11.3 Å². The average Bonchev–Trinajstić information content (AvgIpc) is 2.86. The molecule has 18 heavy (non-hydrogen) atoms. The lowest BCUT2D eigenvalue weighted by Gasteiger charge is -2.11. The van der Waals surface area contributed by atoms with Crippen LogP contribution in [0.1, 0.15) is 5.56 Å². The summed E-state index contributed by atoms with van der Waals surface area (Å²) in [6.45, 7) is 1.98. The monoisotopic (exact) mass is 248 g/mol. The normalized spacial score (nSPS) is 10.2. The van der Waals surface area contributed by atoms with Gasteiger partial charge in [-0.1, -0.05) is 0 Å². The van der Waals surface area contributed by atoms with Crippen molar-refractivity contribution in [2.75, 3.05) is 26.6 Å². The van der Waals surface area contributed by atoms with Crippen LogP contribution >= 0.6 is 0 Å². The van der Waals surface area contributed by atoms with Crippen molar-refractivity contribution in [3.05, 3.63) is 23.9 Å². The second kappa shape index (κ2) is 5.00. The number of ether oxygens (including phenoxy) is 2. The Kier molecular flexibility index (Phi) is 3.41. The third kappa shape index (κ3) is 2.11. The molecule has 0 atom stereocenters. The molecule has 0 bridgehead atoms. The van der Waals surface area contributed by atoms with Crippen LogP contribution in [-0.2, 0) is 0 Å². The van der Waals surface area contributed by atoms with Crippen LogP contribution in [0, 0.1) is 6.92 Å². The van der Waals surface area contributed by atoms with E-state index in [0.29, 0.717) is 23.3 Å². The fraction of sp³-hybridized carbons (Fsp3) is 0.308. The Bertz CT molecular complexity index is 549. The van der Waals surface area contributed by atoms with E-state index in [-0.39, 0.29) is 0 Å². The maximum Gasteiger partial charge on any atom is 0.294 e. The van der Waals surface area contributed by atoms with Crippen LogP contribution in [0.15, 0.2) is 22.7 Å². The molecule has 0 saturated heterocycles. The van der Waals surface area contributed by atoms with Crippen molar-refractivity contribution in [1.29, 1.82) is 0 Å². The first-order valence-corrected chi connectivity index (χ1v) is 5.56. The number of oxazole rings is 1. The number of nitrogens with one attached hydrogen (secondary N) is 1. The SMILES string of the molecule is CNc1ncc(-c2cc(OC)c(OC)cc2C)o1. The molecule has 1 aromatic carbocycles. The minimum atomic E-state index is 0.485. The average molecular weight is 248 g/mol. The molecule has 0 amide bonds. The third-order valence-electron chi connectivity index (χ3n) is 2.72. The molecule has 96 valence electrons. The van der Waals surface area contributed by atoms with E-state index < -0.39 is 0 Å². The van der Waals surface area contributed by atoms with Gasteiger partial charge in [0.15, 0.2) is 17.3 Å². The zero-order valence-corrected chi connectivity index (χ0v) is 10.9. The molecule has 1 heterocycles. The summed E-state index contributed by atoms with van der Waals surface area (Å²) >= 11 is 0. The van der Waals surface area contributed by atoms with Crippen LogP contribution < -0.4 is 14.8 Å². The molecule has 0 aliphatic rings. The van der Waals surface area contributed by atoms with Gasteiger partial charge in [0.1, 0.15) is 0 Å². The van der Waals surface area contributed by atoms with Gasteiger partial charge < -0.3 is 19.2 Å². The van der Waals surface area contributed by atoms with Crippen molar-refractivity contribution in [3.63, 3.8) is 0 Å². The molecule has 5 heteroatoms. The van der Waals surface area contributed by atoms with Crippen LogP contribution in [0.5, 0.6) is 11.5 Å². The van der Waals surface area contributed by atoms with Gasteiger partial charge in [-0.25, -0.2) is 4.98 Å². The van der Waals surface area contributed by atoms with Gasteiger partial charge in [0, 0.05) is 12.6 Å². The second-order valence-corrected chi connectivity index (χ2v) is 3.80. The largest absolute Gasteiger partial charge is 0.493 e. The zero-order valence-electron chi connectivity index (χ0n) is 10.9. The number of nitrogens with zero attached hydrogens (tertiary/aromatic N) is 1. The number of methoxy groups -OCH3 is 2. The lowest BCUT2D eigenvalue weighted by Crippen LogP contribution is -1.93. The number of rotatable bonds is 4. The van der Waals surface area contributed by atoms with Crippen LogP contribution in [-0.4, -0.2) is 26.3 Å². The highest BCUT2D eigenvalue weighted by molar-refractivity contribution is 5.67. The van der Waals surface area contributed by atoms with Crippen LogP contribution in [0.2, 0.25) is 0 Å². The van der Waals surface area contributed by atoms with Gasteiger partial charge in [0.2, 0.25) is 0 Å². The highest BCUT2D eigenvalue weighted by Gasteiger charge is 2.13. The van der Waals surface area contributed by atoms with E-state index in [1.54, 1.807) is 27.5 Å². The summed E-state index contributed by atoms with van der Waals surface area (Å²) in [6, 6.07) is 4.28. The molecule has 5 nitrogen and oxygen atoms in total. The van der Waals surface area contributed by atoms with Gasteiger partial charge in [-0.2, -0.15) is 0 Å². The molecule has 1 N–H and O–H groups in total. The first kappa shape index (κ1) is 12.3. The third-order valence-corrected chi connectivity index (χ3v) is 2.72. The Morgan fingerprint density at radius 1 is 1.17 bits per heavy atom. The highest BCUT2D eigenvalue weighted by Crippen LogP contribution is 2.35. The molecule has 0 radical (unpaired) electrons. The lowest BCUT2D eigenvalue weighted by molar-refractivity contribution is 0.355. The Labute approximate surface area is 106 Å². The van der Waals surface area contributed by atoms with E-state index in [1.165, 1.54) is 0 Å². The molecule has 0 aliphatic heterocycles. The van der Waals surface area contributed by atoms with Crippen LogP contribution in [0.4, 0.5) is 6.01 Å². The number of benzene rings is 1. The molecule has 0 saturated carbocycles. The molecular weight excluding hydrogens is 232 g/mol. The van der Waals surface area contributed by atoms with Crippen LogP contribution in [0.3, 0.4) is 0 Å². The predicted molar refractivity (Wildman–Crippen MR) is 69.3 cm³/mol. The first-order chi connectivity index (χ1) is 8.69. The summed E-state index contributed by atoms with van der Waals surface area (Å²) in [5, 5.41) is 2.85. The Morgan fingerprint density at radius 2 is 1.83 bits per heavy atom. The van der Waals surface area contributed by atoms with Gasteiger partial charge in [-0.15, -0.1) is 0 Å². The van der Waals surface area contributed by atoms with Gasteiger partial charge in [-0.05, 0) is 24.6 Å². The zero-order chi connectivity index (χ0) is 13.1. The molecule has 0 unspecified atom stereocenters. The summed E-state index contributed by atoms with van der Waals surface area (Å²) in [5.74, 6) is 2.06. The van der Waals surface area contributed by atoms with Gasteiger partial charge in [-0.3, -0.25) is 0 Å². The van der Waals surface area contributed by atoms with E-state index in [1.807, 2.05) is 19.1 Å². The summed E-state index contributed by atoms with van der Waals surface area (Å²) in [5.41, 5.74) is 1.97. The van der Waals surface area contributed by atoms with Gasteiger partial charge >= 0.3 is 0 Å². The number of hydrogen-bond acceptors (Lipinski definition) is 5. The minimum absolute atomic E-state index is 0.485. The number of anilines is 1. The Hall–Kier alpha value is -2.17. The molecule has 0 aliphatic carbocycles. The summed E-state index contributed by atoms with van der Waals surface area (Å²) < 4.78 is 16.1. The van der Waals surface area contributed by atoms with E-state index in [0.717, 1.165) is 11.1 Å². The molecule has 1 aromatic heterocycles. The maximum atomic E-state index is 5.55. The topological polar surface area (TPSA) is 56.5 Å². The molecule has 0 spiro atoms. The smallest absolute Gasteiger partial charge is 0.294 e. The second-order valence-electron chi connectivity index (χ2n) is 3.80. The predicted octanol–water partition coefficient (Wildman–Crippen LogP) is 2.71. The van der Waals surface area contributed by atoms with Crippen molar-refractivity contribution >= 4 is 6.01 Å².